The Hall–Kier alpha value is -1.78. The van der Waals surface area contributed by atoms with E-state index >= 15 is 0 Å². The number of hydrogen-bond acceptors (Lipinski definition) is 7. The smallest absolute Gasteiger partial charge is 0.345 e. The quantitative estimate of drug-likeness (QED) is 0.463. The van der Waals surface area contributed by atoms with E-state index in [1.165, 1.54) is 0 Å². The number of nitrogens with one attached hydrogen (secondary N) is 1. The van der Waals surface area contributed by atoms with Crippen molar-refractivity contribution >= 4 is 27.5 Å². The number of hydrogen-bond donors (Lipinski definition) is 3. The van der Waals surface area contributed by atoms with Crippen LogP contribution in [0.4, 0.5) is 14.9 Å². The lowest BCUT2D eigenvalue weighted by Crippen LogP contribution is -2.36. The predicted molar refractivity (Wildman–Crippen MR) is 51.8 cm³/mol. The van der Waals surface area contributed by atoms with Crippen molar-refractivity contribution in [3.63, 3.8) is 0 Å². The van der Waals surface area contributed by atoms with Crippen molar-refractivity contribution in [3.8, 4) is 0 Å². The van der Waals surface area contributed by atoms with E-state index in [2.05, 4.69) is 4.98 Å². The Labute approximate surface area is 92.1 Å². The van der Waals surface area contributed by atoms with E-state index in [0.717, 1.165) is 11.1 Å². The first-order valence-corrected chi connectivity index (χ1v) is 4.88. The van der Waals surface area contributed by atoms with Crippen molar-refractivity contribution in [2.75, 3.05) is 4.90 Å². The van der Waals surface area contributed by atoms with E-state index in [0.29, 0.717) is 11.3 Å². The Morgan fingerprint density at radius 3 is 2.75 bits per heavy atom. The first kappa shape index (κ1) is 10.7. The largest absolute Gasteiger partial charge is 0.369 e. The third-order valence-electron chi connectivity index (χ3n) is 1.90. The normalized spacial score (nSPS) is 24.6. The number of aliphatic hydroxyl groups excluding tert-OH is 2. The highest BCUT2D eigenvalue weighted by atomic mass is 32.1. The molecule has 1 saturated heterocycles. The van der Waals surface area contributed by atoms with E-state index < -0.39 is 23.4 Å². The van der Waals surface area contributed by atoms with Crippen LogP contribution in [0.3, 0.4) is 0 Å². The lowest BCUT2D eigenvalue weighted by atomic mass is 10.5. The molecule has 2 atom stereocenters. The average molecular weight is 246 g/mol. The molecule has 1 aromatic rings. The van der Waals surface area contributed by atoms with Gasteiger partial charge in [-0.15, -0.1) is 0 Å². The van der Waals surface area contributed by atoms with Gasteiger partial charge >= 0.3 is 11.0 Å². The van der Waals surface area contributed by atoms with E-state index in [1.54, 1.807) is 0 Å². The molecular formula is C6H6N4O5S. The maximum Gasteiger partial charge on any atom is 0.345 e. The molecule has 0 saturated carbocycles. The van der Waals surface area contributed by atoms with Crippen LogP contribution in [0, 0.1) is 10.1 Å². The second-order valence-corrected chi connectivity index (χ2v) is 3.90. The molecule has 2 amide bonds. The number of aromatic nitrogens is 1. The molecule has 0 bridgehead atoms. The summed E-state index contributed by atoms with van der Waals surface area (Å²) in [6.45, 7) is 0. The van der Waals surface area contributed by atoms with Gasteiger partial charge in [-0.05, 0) is 11.3 Å². The molecule has 10 heteroatoms. The van der Waals surface area contributed by atoms with Crippen LogP contribution in [-0.4, -0.2) is 38.6 Å². The summed E-state index contributed by atoms with van der Waals surface area (Å²) >= 11 is 0.632. The molecule has 86 valence electrons. The standard InChI is InChI=1S/C6H6N4O5S/c11-3-4(12)9(5(13)8-3)6-7-1-2(16-6)10(14)15/h1,3-4,11-12H,(H,8,13). The van der Waals surface area contributed by atoms with Crippen LogP contribution in [0.1, 0.15) is 0 Å². The number of carbonyl (C=O) groups is 1. The molecule has 2 heterocycles. The molecule has 2 unspecified atom stereocenters. The van der Waals surface area contributed by atoms with Gasteiger partial charge in [-0.1, -0.05) is 0 Å². The third kappa shape index (κ3) is 1.58. The number of carbonyl (C=O) groups excluding carboxylic acids is 1. The maximum atomic E-state index is 11.3. The molecule has 1 fully saturated rings. The summed E-state index contributed by atoms with van der Waals surface area (Å²) in [6.07, 6.45) is -1.96. The van der Waals surface area contributed by atoms with E-state index in [9.17, 15) is 20.0 Å². The monoisotopic (exact) mass is 246 g/mol. The molecule has 3 N–H and O–H groups in total. The summed E-state index contributed by atoms with van der Waals surface area (Å²) in [5.74, 6) is 0. The van der Waals surface area contributed by atoms with Crippen LogP contribution < -0.4 is 10.2 Å². The van der Waals surface area contributed by atoms with Crippen LogP contribution in [0.25, 0.3) is 0 Å². The van der Waals surface area contributed by atoms with Crippen molar-refractivity contribution in [2.24, 2.45) is 0 Å². The summed E-state index contributed by atoms with van der Waals surface area (Å²) in [7, 11) is 0. The molecule has 1 aliphatic heterocycles. The van der Waals surface area contributed by atoms with E-state index in [-0.39, 0.29) is 10.1 Å². The van der Waals surface area contributed by atoms with E-state index in [4.69, 9.17) is 5.11 Å². The highest BCUT2D eigenvalue weighted by Gasteiger charge is 2.40. The molecule has 0 aromatic carbocycles. The molecule has 1 aromatic heterocycles. The molecule has 0 radical (unpaired) electrons. The minimum absolute atomic E-state index is 0.0479. The lowest BCUT2D eigenvalue weighted by Gasteiger charge is -2.15. The zero-order chi connectivity index (χ0) is 11.9. The fourth-order valence-electron chi connectivity index (χ4n) is 1.18. The van der Waals surface area contributed by atoms with Gasteiger partial charge in [-0.3, -0.25) is 10.1 Å². The predicted octanol–water partition coefficient (Wildman–Crippen LogP) is -0.782. The fourth-order valence-corrected chi connectivity index (χ4v) is 1.95. The number of urea groups is 1. The van der Waals surface area contributed by atoms with Gasteiger partial charge < -0.3 is 15.5 Å². The van der Waals surface area contributed by atoms with Gasteiger partial charge in [0.1, 0.15) is 6.20 Å². The summed E-state index contributed by atoms with van der Waals surface area (Å²) in [6, 6.07) is -0.760. The topological polar surface area (TPSA) is 129 Å². The minimum atomic E-state index is -1.50. The number of aliphatic hydroxyl groups is 2. The summed E-state index contributed by atoms with van der Waals surface area (Å²) in [5, 5.41) is 30.7. The van der Waals surface area contributed by atoms with Gasteiger partial charge in [0.15, 0.2) is 12.5 Å². The Balaban J connectivity index is 2.30. The number of thiazole rings is 1. The number of nitrogens with zero attached hydrogens (tertiary/aromatic N) is 3. The summed E-state index contributed by atoms with van der Waals surface area (Å²) in [4.78, 5) is 25.4. The molecule has 2 rings (SSSR count). The number of nitro groups is 1. The van der Waals surface area contributed by atoms with Gasteiger partial charge in [0.2, 0.25) is 5.13 Å². The average Bonchev–Trinajstić information content (AvgIpc) is 2.74. The third-order valence-corrected chi connectivity index (χ3v) is 2.85. The van der Waals surface area contributed by atoms with Crippen LogP contribution in [-0.2, 0) is 0 Å². The van der Waals surface area contributed by atoms with Gasteiger partial charge in [0.05, 0.1) is 4.92 Å². The molecular weight excluding hydrogens is 240 g/mol. The Bertz CT molecular complexity index is 448. The van der Waals surface area contributed by atoms with Crippen LogP contribution >= 0.6 is 11.3 Å². The number of anilines is 1. The fraction of sp³-hybridized carbons (Fsp3) is 0.333. The van der Waals surface area contributed by atoms with Crippen LogP contribution in [0.5, 0.6) is 0 Å². The molecule has 16 heavy (non-hydrogen) atoms. The minimum Gasteiger partial charge on any atom is -0.369 e. The summed E-state index contributed by atoms with van der Waals surface area (Å²) < 4.78 is 0. The van der Waals surface area contributed by atoms with Crippen molar-refractivity contribution < 1.29 is 19.9 Å². The Kier molecular flexibility index (Phi) is 2.46. The van der Waals surface area contributed by atoms with Crippen LogP contribution in [0.15, 0.2) is 6.20 Å². The zero-order valence-electron chi connectivity index (χ0n) is 7.60. The van der Waals surface area contributed by atoms with Crippen molar-refractivity contribution in [3.05, 3.63) is 16.3 Å². The van der Waals surface area contributed by atoms with Gasteiger partial charge in [-0.2, -0.15) is 0 Å². The molecule has 9 nitrogen and oxygen atoms in total. The lowest BCUT2D eigenvalue weighted by molar-refractivity contribution is -0.380. The molecule has 0 aliphatic carbocycles. The number of amides is 2. The van der Waals surface area contributed by atoms with Crippen molar-refractivity contribution in [1.82, 2.24) is 10.3 Å². The van der Waals surface area contributed by atoms with Gasteiger partial charge in [0.25, 0.3) is 0 Å². The van der Waals surface area contributed by atoms with Gasteiger partial charge in [0, 0.05) is 0 Å². The first-order valence-electron chi connectivity index (χ1n) is 4.07. The second kappa shape index (κ2) is 3.66. The Morgan fingerprint density at radius 2 is 2.31 bits per heavy atom. The molecule has 1 aliphatic rings. The van der Waals surface area contributed by atoms with Crippen LogP contribution in [0.2, 0.25) is 0 Å². The number of rotatable bonds is 2. The van der Waals surface area contributed by atoms with Crippen molar-refractivity contribution in [2.45, 2.75) is 12.5 Å². The van der Waals surface area contributed by atoms with Crippen molar-refractivity contribution in [1.29, 1.82) is 0 Å². The highest BCUT2D eigenvalue weighted by Crippen LogP contribution is 2.31. The first-order chi connectivity index (χ1) is 7.50. The highest BCUT2D eigenvalue weighted by molar-refractivity contribution is 7.18. The summed E-state index contributed by atoms with van der Waals surface area (Å²) in [5.41, 5.74) is 0. The Morgan fingerprint density at radius 1 is 1.62 bits per heavy atom. The van der Waals surface area contributed by atoms with Gasteiger partial charge in [-0.25, -0.2) is 14.7 Å². The molecule has 0 spiro atoms. The maximum absolute atomic E-state index is 11.3. The SMILES string of the molecule is O=C1NC(O)C(O)N1c1ncc([N+](=O)[O-])s1. The van der Waals surface area contributed by atoms with E-state index in [1.807, 2.05) is 5.32 Å². The second-order valence-electron chi connectivity index (χ2n) is 2.92. The zero-order valence-corrected chi connectivity index (χ0v) is 8.42.